The molecule has 102 valence electrons. The van der Waals surface area contributed by atoms with E-state index < -0.39 is 0 Å². The summed E-state index contributed by atoms with van der Waals surface area (Å²) in [4.78, 5) is 0. The number of aliphatic hydroxyl groups is 1. The number of thioether (sulfide) groups is 1. The molecule has 0 radical (unpaired) electrons. The normalized spacial score (nSPS) is 11.9. The second-order valence-electron chi connectivity index (χ2n) is 5.72. The van der Waals surface area contributed by atoms with Crippen LogP contribution in [0.25, 0.3) is 0 Å². The quantitative estimate of drug-likeness (QED) is 0.821. The van der Waals surface area contributed by atoms with E-state index in [1.807, 2.05) is 6.92 Å². The minimum atomic E-state index is -0.0453. The predicted molar refractivity (Wildman–Crippen MR) is 79.5 cm³/mol. The molecule has 2 nitrogen and oxygen atoms in total. The zero-order valence-electron chi connectivity index (χ0n) is 12.0. The first kappa shape index (κ1) is 15.4. The van der Waals surface area contributed by atoms with Crippen LogP contribution in [0.3, 0.4) is 0 Å². The molecule has 0 fully saturated rings. The van der Waals surface area contributed by atoms with Crippen LogP contribution >= 0.6 is 11.8 Å². The molecule has 0 spiro atoms. The Morgan fingerprint density at radius 1 is 1.22 bits per heavy atom. The lowest BCUT2D eigenvalue weighted by molar-refractivity contribution is 0.322. The van der Waals surface area contributed by atoms with E-state index in [2.05, 4.69) is 33.8 Å². The Balaban J connectivity index is 3.13. The van der Waals surface area contributed by atoms with Crippen molar-refractivity contribution in [2.45, 2.75) is 45.8 Å². The van der Waals surface area contributed by atoms with Crippen LogP contribution < -0.4 is 0 Å². The predicted octanol–water partition coefficient (Wildman–Crippen LogP) is 3.53. The van der Waals surface area contributed by atoms with Crippen LogP contribution in [0.5, 0.6) is 5.75 Å². The molecule has 0 saturated carbocycles. The first-order valence-electron chi connectivity index (χ1n) is 6.30. The van der Waals surface area contributed by atoms with Crippen LogP contribution in [0.1, 0.15) is 43.0 Å². The highest BCUT2D eigenvalue weighted by molar-refractivity contribution is 7.98. The number of rotatable bonds is 4. The van der Waals surface area contributed by atoms with Gasteiger partial charge in [-0.3, -0.25) is 0 Å². The zero-order valence-corrected chi connectivity index (χ0v) is 12.8. The number of benzene rings is 1. The van der Waals surface area contributed by atoms with Gasteiger partial charge in [-0.1, -0.05) is 26.8 Å². The number of phenolic OH excluding ortho intramolecular Hbond substituents is 1. The molecule has 0 saturated heterocycles. The molecule has 0 aliphatic heterocycles. The maximum Gasteiger partial charge on any atom is 0.122 e. The molecule has 0 unspecified atom stereocenters. The van der Waals surface area contributed by atoms with Gasteiger partial charge in [-0.15, -0.1) is 0 Å². The largest absolute Gasteiger partial charge is 0.507 e. The van der Waals surface area contributed by atoms with Gasteiger partial charge in [0.2, 0.25) is 0 Å². The summed E-state index contributed by atoms with van der Waals surface area (Å²) in [5.41, 5.74) is 4.36. The Bertz CT molecular complexity index is 419. The van der Waals surface area contributed by atoms with Crippen molar-refractivity contribution in [3.63, 3.8) is 0 Å². The Hall–Kier alpha value is -0.670. The molecular formula is C15H24O2S. The van der Waals surface area contributed by atoms with E-state index in [0.29, 0.717) is 5.75 Å². The van der Waals surface area contributed by atoms with Gasteiger partial charge >= 0.3 is 0 Å². The van der Waals surface area contributed by atoms with Crippen LogP contribution in [0.15, 0.2) is 6.07 Å². The third-order valence-corrected chi connectivity index (χ3v) is 4.15. The molecule has 1 aromatic rings. The highest BCUT2D eigenvalue weighted by Crippen LogP contribution is 2.37. The highest BCUT2D eigenvalue weighted by atomic mass is 32.2. The standard InChI is InChI=1S/C15H24O2S/c1-10-8-13(15(3,4)5)14(17)11(2)12(10)9-18-7-6-16/h8,16-17H,6-7,9H2,1-5H3. The number of hydrogen-bond donors (Lipinski definition) is 2. The van der Waals surface area contributed by atoms with Crippen molar-refractivity contribution in [3.05, 3.63) is 28.3 Å². The van der Waals surface area contributed by atoms with Crippen molar-refractivity contribution in [1.82, 2.24) is 0 Å². The van der Waals surface area contributed by atoms with Gasteiger partial charge in [0, 0.05) is 11.5 Å². The molecule has 18 heavy (non-hydrogen) atoms. The van der Waals surface area contributed by atoms with Crippen LogP contribution in [-0.4, -0.2) is 22.6 Å². The lowest BCUT2D eigenvalue weighted by Gasteiger charge is -2.24. The lowest BCUT2D eigenvalue weighted by atomic mass is 9.83. The summed E-state index contributed by atoms with van der Waals surface area (Å²) in [6, 6.07) is 2.09. The molecule has 0 aliphatic rings. The molecule has 1 rings (SSSR count). The summed E-state index contributed by atoms with van der Waals surface area (Å²) in [7, 11) is 0. The molecular weight excluding hydrogens is 244 g/mol. The summed E-state index contributed by atoms with van der Waals surface area (Å²) in [5, 5.41) is 19.2. The molecule has 0 bridgehead atoms. The van der Waals surface area contributed by atoms with Crippen molar-refractivity contribution in [2.75, 3.05) is 12.4 Å². The second kappa shape index (κ2) is 5.98. The SMILES string of the molecule is Cc1cc(C(C)(C)C)c(O)c(C)c1CSCCO. The van der Waals surface area contributed by atoms with Gasteiger partial charge in [0.05, 0.1) is 6.61 Å². The number of aliphatic hydroxyl groups excluding tert-OH is 1. The number of phenols is 1. The second-order valence-corrected chi connectivity index (χ2v) is 6.82. The van der Waals surface area contributed by atoms with Crippen molar-refractivity contribution in [2.24, 2.45) is 0 Å². The van der Waals surface area contributed by atoms with Crippen LogP contribution in [0.2, 0.25) is 0 Å². The van der Waals surface area contributed by atoms with Gasteiger partial charge in [0.25, 0.3) is 0 Å². The van der Waals surface area contributed by atoms with Gasteiger partial charge in [-0.25, -0.2) is 0 Å². The minimum absolute atomic E-state index is 0.0453. The summed E-state index contributed by atoms with van der Waals surface area (Å²) < 4.78 is 0. The minimum Gasteiger partial charge on any atom is -0.507 e. The van der Waals surface area contributed by atoms with Gasteiger partial charge in [0.15, 0.2) is 0 Å². The van der Waals surface area contributed by atoms with E-state index in [4.69, 9.17) is 5.11 Å². The topological polar surface area (TPSA) is 40.5 Å². The van der Waals surface area contributed by atoms with Crippen molar-refractivity contribution in [3.8, 4) is 5.75 Å². The van der Waals surface area contributed by atoms with E-state index in [-0.39, 0.29) is 12.0 Å². The summed E-state index contributed by atoms with van der Waals surface area (Å²) in [6.45, 7) is 10.6. The van der Waals surface area contributed by atoms with E-state index in [1.54, 1.807) is 11.8 Å². The van der Waals surface area contributed by atoms with Gasteiger partial charge in [-0.05, 0) is 41.5 Å². The lowest BCUT2D eigenvalue weighted by Crippen LogP contribution is -2.13. The maximum atomic E-state index is 10.3. The smallest absolute Gasteiger partial charge is 0.122 e. The van der Waals surface area contributed by atoms with E-state index in [0.717, 1.165) is 22.6 Å². The maximum absolute atomic E-state index is 10.3. The number of hydrogen-bond acceptors (Lipinski definition) is 3. The molecule has 0 heterocycles. The zero-order chi connectivity index (χ0) is 13.9. The molecule has 0 aliphatic carbocycles. The Morgan fingerprint density at radius 2 is 1.83 bits per heavy atom. The molecule has 0 amide bonds. The van der Waals surface area contributed by atoms with E-state index in [9.17, 15) is 5.11 Å². The fourth-order valence-corrected chi connectivity index (χ4v) is 2.97. The van der Waals surface area contributed by atoms with Gasteiger partial charge < -0.3 is 10.2 Å². The molecule has 0 aromatic heterocycles. The third kappa shape index (κ3) is 3.42. The summed E-state index contributed by atoms with van der Waals surface area (Å²) in [6.07, 6.45) is 0. The Morgan fingerprint density at radius 3 is 2.33 bits per heavy atom. The molecule has 1 aromatic carbocycles. The first-order chi connectivity index (χ1) is 8.29. The van der Waals surface area contributed by atoms with Crippen LogP contribution in [0, 0.1) is 13.8 Å². The van der Waals surface area contributed by atoms with Crippen LogP contribution in [0.4, 0.5) is 0 Å². The monoisotopic (exact) mass is 268 g/mol. The fourth-order valence-electron chi connectivity index (χ4n) is 2.05. The van der Waals surface area contributed by atoms with Gasteiger partial charge in [0.1, 0.15) is 5.75 Å². The summed E-state index contributed by atoms with van der Waals surface area (Å²) in [5.74, 6) is 2.00. The van der Waals surface area contributed by atoms with Gasteiger partial charge in [-0.2, -0.15) is 11.8 Å². The third-order valence-electron chi connectivity index (χ3n) is 3.19. The van der Waals surface area contributed by atoms with Crippen LogP contribution in [-0.2, 0) is 11.2 Å². The Kier molecular flexibility index (Phi) is 5.11. The number of aryl methyl sites for hydroxylation is 1. The molecule has 2 N–H and O–H groups in total. The van der Waals surface area contributed by atoms with Crippen molar-refractivity contribution >= 4 is 11.8 Å². The average Bonchev–Trinajstić information content (AvgIpc) is 2.26. The van der Waals surface area contributed by atoms with Crippen molar-refractivity contribution in [1.29, 1.82) is 0 Å². The van der Waals surface area contributed by atoms with E-state index in [1.165, 1.54) is 11.1 Å². The van der Waals surface area contributed by atoms with Crippen molar-refractivity contribution < 1.29 is 10.2 Å². The highest BCUT2D eigenvalue weighted by Gasteiger charge is 2.21. The summed E-state index contributed by atoms with van der Waals surface area (Å²) >= 11 is 1.70. The molecule has 0 atom stereocenters. The molecule has 3 heteroatoms. The Labute approximate surface area is 114 Å². The number of aromatic hydroxyl groups is 1. The average molecular weight is 268 g/mol. The first-order valence-corrected chi connectivity index (χ1v) is 7.45. The fraction of sp³-hybridized carbons (Fsp3) is 0.600. The van der Waals surface area contributed by atoms with E-state index >= 15 is 0 Å².